The number of furan rings is 1. The molecule has 0 saturated carbocycles. The second-order valence-electron chi connectivity index (χ2n) is 6.28. The summed E-state index contributed by atoms with van der Waals surface area (Å²) in [6.45, 7) is 7.35. The Balaban J connectivity index is 1.81. The number of hydrogen-bond donors (Lipinski definition) is 0. The van der Waals surface area contributed by atoms with E-state index < -0.39 is 0 Å². The molecule has 1 aliphatic rings. The van der Waals surface area contributed by atoms with E-state index >= 15 is 0 Å². The monoisotopic (exact) mass is 378 g/mol. The number of fused-ring (bicyclic) bond motifs is 1. The van der Waals surface area contributed by atoms with E-state index in [0.717, 1.165) is 53.5 Å². The topological polar surface area (TPSA) is 36.7 Å². The molecule has 1 aromatic carbocycles. The molecule has 1 fully saturated rings. The number of nitrogens with zero attached hydrogens (tertiary/aromatic N) is 2. The van der Waals surface area contributed by atoms with Crippen molar-refractivity contribution in [3.8, 4) is 0 Å². The van der Waals surface area contributed by atoms with Crippen LogP contribution in [0.3, 0.4) is 0 Å². The Morgan fingerprint density at radius 2 is 2.09 bits per heavy atom. The van der Waals surface area contributed by atoms with Crippen molar-refractivity contribution in [1.29, 1.82) is 0 Å². The Labute approximate surface area is 145 Å². The summed E-state index contributed by atoms with van der Waals surface area (Å²) < 4.78 is 6.84. The summed E-state index contributed by atoms with van der Waals surface area (Å²) in [5, 5.41) is 0.997. The van der Waals surface area contributed by atoms with E-state index in [-0.39, 0.29) is 5.91 Å². The lowest BCUT2D eigenvalue weighted by Gasteiger charge is -2.36. The minimum absolute atomic E-state index is 0.00947. The molecular weight excluding hydrogens is 356 g/mol. The molecule has 0 radical (unpaired) electrons. The number of rotatable bonds is 3. The van der Waals surface area contributed by atoms with Gasteiger partial charge in [-0.15, -0.1) is 0 Å². The number of likely N-dealkylation sites (tertiary alicyclic amines) is 1. The zero-order valence-electron chi connectivity index (χ0n) is 13.9. The van der Waals surface area contributed by atoms with Gasteiger partial charge in [-0.25, -0.2) is 0 Å². The number of hydrogen-bond acceptors (Lipinski definition) is 3. The van der Waals surface area contributed by atoms with E-state index in [0.29, 0.717) is 11.8 Å². The molecule has 1 amide bonds. The first-order chi connectivity index (χ1) is 11.0. The quantitative estimate of drug-likeness (QED) is 0.807. The summed E-state index contributed by atoms with van der Waals surface area (Å²) in [5.74, 6) is 0.461. The van der Waals surface area contributed by atoms with Crippen molar-refractivity contribution in [3.63, 3.8) is 0 Å². The van der Waals surface area contributed by atoms with E-state index in [1.54, 1.807) is 0 Å². The number of halogens is 1. The van der Waals surface area contributed by atoms with Gasteiger partial charge in [0.15, 0.2) is 5.76 Å². The summed E-state index contributed by atoms with van der Waals surface area (Å²) >= 11 is 3.48. The van der Waals surface area contributed by atoms with Crippen LogP contribution in [0.2, 0.25) is 0 Å². The van der Waals surface area contributed by atoms with Gasteiger partial charge in [0.25, 0.3) is 5.91 Å². The van der Waals surface area contributed by atoms with Crippen LogP contribution < -0.4 is 0 Å². The van der Waals surface area contributed by atoms with Crippen LogP contribution >= 0.6 is 15.9 Å². The fraction of sp³-hybridized carbons (Fsp3) is 0.500. The van der Waals surface area contributed by atoms with Gasteiger partial charge in [0.1, 0.15) is 5.58 Å². The van der Waals surface area contributed by atoms with Gasteiger partial charge in [-0.3, -0.25) is 4.79 Å². The number of benzene rings is 1. The molecule has 2 aromatic rings. The van der Waals surface area contributed by atoms with Gasteiger partial charge in [-0.05, 0) is 44.5 Å². The Morgan fingerprint density at radius 3 is 2.74 bits per heavy atom. The van der Waals surface area contributed by atoms with Gasteiger partial charge in [0.2, 0.25) is 0 Å². The number of piperidine rings is 1. The first kappa shape index (κ1) is 16.5. The van der Waals surface area contributed by atoms with Crippen molar-refractivity contribution in [2.24, 2.45) is 0 Å². The van der Waals surface area contributed by atoms with Gasteiger partial charge in [0.05, 0.1) is 0 Å². The number of carbonyl (C=O) groups excluding carboxylic acids is 1. The molecule has 0 N–H and O–H groups in total. The highest BCUT2D eigenvalue weighted by molar-refractivity contribution is 9.10. The highest BCUT2D eigenvalue weighted by atomic mass is 79.9. The molecule has 1 saturated heterocycles. The van der Waals surface area contributed by atoms with Crippen LogP contribution in [0.5, 0.6) is 0 Å². The maximum absolute atomic E-state index is 12.9. The van der Waals surface area contributed by atoms with Crippen LogP contribution in [0.25, 0.3) is 11.0 Å². The number of carbonyl (C=O) groups is 1. The van der Waals surface area contributed by atoms with Crippen molar-refractivity contribution in [1.82, 2.24) is 9.80 Å². The lowest BCUT2D eigenvalue weighted by atomic mass is 10.0. The number of aryl methyl sites for hydroxylation is 1. The van der Waals surface area contributed by atoms with Crippen molar-refractivity contribution >= 4 is 32.8 Å². The summed E-state index contributed by atoms with van der Waals surface area (Å²) in [7, 11) is 1.90. The standard InChI is InChI=1S/C18H23BrN2O2/c1-4-21-9-7-14(8-10-21)20(3)18(22)17-12(2)15-11-13(19)5-6-16(15)23-17/h5-6,11,14H,4,7-10H2,1-3H3. The molecule has 0 atom stereocenters. The fourth-order valence-electron chi connectivity index (χ4n) is 3.35. The van der Waals surface area contributed by atoms with E-state index in [4.69, 9.17) is 4.42 Å². The van der Waals surface area contributed by atoms with E-state index in [2.05, 4.69) is 27.8 Å². The Hall–Kier alpha value is -1.33. The molecule has 0 spiro atoms. The van der Waals surface area contributed by atoms with Gasteiger partial charge >= 0.3 is 0 Å². The van der Waals surface area contributed by atoms with Crippen molar-refractivity contribution in [2.75, 3.05) is 26.7 Å². The predicted octanol–water partition coefficient (Wildman–Crippen LogP) is 4.06. The number of amides is 1. The van der Waals surface area contributed by atoms with E-state index in [9.17, 15) is 4.79 Å². The average molecular weight is 379 g/mol. The third-order valence-electron chi connectivity index (χ3n) is 4.96. The minimum atomic E-state index is -0.00947. The summed E-state index contributed by atoms with van der Waals surface area (Å²) in [6, 6.07) is 6.14. The van der Waals surface area contributed by atoms with Crippen LogP contribution in [0.4, 0.5) is 0 Å². The second kappa shape index (κ2) is 6.65. The normalized spacial score (nSPS) is 16.9. The largest absolute Gasteiger partial charge is 0.451 e. The van der Waals surface area contributed by atoms with E-state index in [1.807, 2.05) is 37.1 Å². The summed E-state index contributed by atoms with van der Waals surface area (Å²) in [4.78, 5) is 17.2. The molecule has 2 heterocycles. The molecule has 4 nitrogen and oxygen atoms in total. The van der Waals surface area contributed by atoms with Gasteiger partial charge < -0.3 is 14.2 Å². The van der Waals surface area contributed by atoms with Crippen molar-refractivity contribution < 1.29 is 9.21 Å². The van der Waals surface area contributed by atoms with Crippen LogP contribution in [-0.2, 0) is 0 Å². The molecule has 0 bridgehead atoms. The Morgan fingerprint density at radius 1 is 1.39 bits per heavy atom. The minimum Gasteiger partial charge on any atom is -0.451 e. The highest BCUT2D eigenvalue weighted by Crippen LogP contribution is 2.29. The lowest BCUT2D eigenvalue weighted by Crippen LogP contribution is -2.45. The van der Waals surface area contributed by atoms with Crippen LogP contribution in [-0.4, -0.2) is 48.4 Å². The molecule has 23 heavy (non-hydrogen) atoms. The third kappa shape index (κ3) is 3.17. The van der Waals surface area contributed by atoms with Crippen LogP contribution in [0.1, 0.15) is 35.9 Å². The predicted molar refractivity (Wildman–Crippen MR) is 95.9 cm³/mol. The van der Waals surface area contributed by atoms with Gasteiger partial charge in [-0.1, -0.05) is 22.9 Å². The lowest BCUT2D eigenvalue weighted by molar-refractivity contribution is 0.0617. The van der Waals surface area contributed by atoms with Gasteiger partial charge in [-0.2, -0.15) is 0 Å². The third-order valence-corrected chi connectivity index (χ3v) is 5.46. The zero-order chi connectivity index (χ0) is 16.6. The second-order valence-corrected chi connectivity index (χ2v) is 7.19. The molecular formula is C18H23BrN2O2. The molecule has 3 rings (SSSR count). The highest BCUT2D eigenvalue weighted by Gasteiger charge is 2.28. The molecule has 0 aliphatic carbocycles. The first-order valence-corrected chi connectivity index (χ1v) is 8.98. The SMILES string of the molecule is CCN1CCC(N(C)C(=O)c2oc3ccc(Br)cc3c2C)CC1. The molecule has 1 aromatic heterocycles. The average Bonchev–Trinajstić information content (AvgIpc) is 2.90. The fourth-order valence-corrected chi connectivity index (χ4v) is 3.71. The van der Waals surface area contributed by atoms with Crippen molar-refractivity contribution in [2.45, 2.75) is 32.7 Å². The van der Waals surface area contributed by atoms with Crippen LogP contribution in [0.15, 0.2) is 27.1 Å². The Kier molecular flexibility index (Phi) is 4.78. The molecule has 1 aliphatic heterocycles. The maximum atomic E-state index is 12.9. The molecule has 124 valence electrons. The molecule has 0 unspecified atom stereocenters. The molecule has 5 heteroatoms. The zero-order valence-corrected chi connectivity index (χ0v) is 15.5. The Bertz CT molecular complexity index is 717. The van der Waals surface area contributed by atoms with E-state index in [1.165, 1.54) is 0 Å². The maximum Gasteiger partial charge on any atom is 0.289 e. The summed E-state index contributed by atoms with van der Waals surface area (Å²) in [5.41, 5.74) is 1.69. The summed E-state index contributed by atoms with van der Waals surface area (Å²) in [6.07, 6.45) is 2.06. The van der Waals surface area contributed by atoms with Crippen molar-refractivity contribution in [3.05, 3.63) is 34.0 Å². The van der Waals surface area contributed by atoms with Gasteiger partial charge in [0, 0.05) is 41.6 Å². The first-order valence-electron chi connectivity index (χ1n) is 8.19. The van der Waals surface area contributed by atoms with Crippen LogP contribution in [0, 0.1) is 6.92 Å². The smallest absolute Gasteiger partial charge is 0.289 e.